The van der Waals surface area contributed by atoms with Crippen molar-refractivity contribution in [2.45, 2.75) is 44.4 Å². The first kappa shape index (κ1) is 23.9. The topological polar surface area (TPSA) is 63.1 Å². The Kier molecular flexibility index (Phi) is 7.02. The lowest BCUT2D eigenvalue weighted by Crippen LogP contribution is -2.35. The third kappa shape index (κ3) is 5.47. The van der Waals surface area contributed by atoms with Crippen LogP contribution in [-0.2, 0) is 25.6 Å². The van der Waals surface area contributed by atoms with E-state index in [1.54, 1.807) is 12.1 Å². The van der Waals surface area contributed by atoms with E-state index in [0.29, 0.717) is 41.9 Å². The molecule has 1 unspecified atom stereocenters. The van der Waals surface area contributed by atoms with Crippen molar-refractivity contribution in [2.75, 3.05) is 20.6 Å². The van der Waals surface area contributed by atoms with Gasteiger partial charge in [-0.05, 0) is 57.5 Å². The number of nitrogens with zero attached hydrogens (tertiary/aromatic N) is 4. The van der Waals surface area contributed by atoms with Gasteiger partial charge in [-0.25, -0.2) is 0 Å². The second kappa shape index (κ2) is 9.97. The number of halogens is 3. The maximum Gasteiger partial charge on any atom is 0.435 e. The molecule has 1 amide bonds. The van der Waals surface area contributed by atoms with E-state index < -0.39 is 11.9 Å². The summed E-state index contributed by atoms with van der Waals surface area (Å²) in [5.41, 5.74) is 1.99. The number of rotatable bonds is 7. The van der Waals surface area contributed by atoms with E-state index in [1.165, 1.54) is 10.9 Å². The van der Waals surface area contributed by atoms with E-state index in [-0.39, 0.29) is 18.5 Å². The predicted octanol–water partition coefficient (Wildman–Crippen LogP) is 4.26. The minimum absolute atomic E-state index is 0.0827. The van der Waals surface area contributed by atoms with Gasteiger partial charge in [0.25, 0.3) is 5.91 Å². The van der Waals surface area contributed by atoms with Crippen LogP contribution in [0.5, 0.6) is 0 Å². The molecule has 6 nitrogen and oxygen atoms in total. The largest absolute Gasteiger partial charge is 0.435 e. The molecule has 0 saturated heterocycles. The Hall–Kier alpha value is -3.20. The summed E-state index contributed by atoms with van der Waals surface area (Å²) in [4.78, 5) is 19.3. The quantitative estimate of drug-likeness (QED) is 0.560. The first-order chi connectivity index (χ1) is 16.2. The Bertz CT molecular complexity index is 1140. The van der Waals surface area contributed by atoms with Gasteiger partial charge in [0.2, 0.25) is 0 Å². The number of pyridine rings is 1. The van der Waals surface area contributed by atoms with Crippen molar-refractivity contribution in [1.82, 2.24) is 25.0 Å². The molecule has 1 atom stereocenters. The zero-order chi connectivity index (χ0) is 24.3. The number of alkyl halides is 3. The fraction of sp³-hybridized carbons (Fsp3) is 0.400. The highest BCUT2D eigenvalue weighted by Gasteiger charge is 2.39. The Morgan fingerprint density at radius 3 is 2.59 bits per heavy atom. The fourth-order valence-corrected chi connectivity index (χ4v) is 4.42. The number of amides is 1. The zero-order valence-corrected chi connectivity index (χ0v) is 19.3. The van der Waals surface area contributed by atoms with E-state index in [0.717, 1.165) is 18.4 Å². The molecule has 1 aliphatic carbocycles. The van der Waals surface area contributed by atoms with E-state index >= 15 is 0 Å². The van der Waals surface area contributed by atoms with Crippen LogP contribution in [0.4, 0.5) is 13.2 Å². The number of hydrogen-bond acceptors (Lipinski definition) is 4. The van der Waals surface area contributed by atoms with Gasteiger partial charge in [0.15, 0.2) is 5.69 Å². The average molecular weight is 472 g/mol. The van der Waals surface area contributed by atoms with Crippen molar-refractivity contribution in [3.05, 3.63) is 82.4 Å². The maximum atomic E-state index is 13.5. The minimum atomic E-state index is -4.49. The molecule has 1 aromatic carbocycles. The van der Waals surface area contributed by atoms with Crippen LogP contribution < -0.4 is 5.32 Å². The summed E-state index contributed by atoms with van der Waals surface area (Å²) in [6.07, 6.45) is -0.479. The molecule has 9 heteroatoms. The van der Waals surface area contributed by atoms with Gasteiger partial charge in [-0.1, -0.05) is 30.3 Å². The van der Waals surface area contributed by atoms with Crippen molar-refractivity contribution < 1.29 is 18.0 Å². The lowest BCUT2D eigenvalue weighted by Gasteiger charge is -2.23. The highest BCUT2D eigenvalue weighted by molar-refractivity contribution is 5.94. The van der Waals surface area contributed by atoms with Crippen LogP contribution in [0.1, 0.15) is 57.5 Å². The second-order valence-corrected chi connectivity index (χ2v) is 8.87. The molecule has 0 radical (unpaired) electrons. The van der Waals surface area contributed by atoms with Crippen LogP contribution in [0, 0.1) is 0 Å². The number of fused-ring (bicyclic) bond motifs is 1. The molecule has 34 heavy (non-hydrogen) atoms. The van der Waals surface area contributed by atoms with E-state index in [9.17, 15) is 18.0 Å². The summed E-state index contributed by atoms with van der Waals surface area (Å²) in [6, 6.07) is 12.7. The molecule has 180 valence electrons. The molecular formula is C25H28F3N5O. The fourth-order valence-electron chi connectivity index (χ4n) is 4.42. The van der Waals surface area contributed by atoms with Crippen LogP contribution in [0.3, 0.4) is 0 Å². The molecule has 2 heterocycles. The van der Waals surface area contributed by atoms with Gasteiger partial charge >= 0.3 is 6.18 Å². The Morgan fingerprint density at radius 1 is 1.15 bits per heavy atom. The number of aromatic nitrogens is 3. The summed E-state index contributed by atoms with van der Waals surface area (Å²) in [5.74, 6) is -0.266. The Labute approximate surface area is 196 Å². The lowest BCUT2D eigenvalue weighted by molar-refractivity contribution is -0.142. The van der Waals surface area contributed by atoms with Crippen molar-refractivity contribution in [1.29, 1.82) is 0 Å². The molecule has 4 rings (SSSR count). The molecule has 0 saturated carbocycles. The Balaban J connectivity index is 1.55. The maximum absolute atomic E-state index is 13.5. The second-order valence-electron chi connectivity index (χ2n) is 8.87. The number of carbonyl (C=O) groups is 1. The van der Waals surface area contributed by atoms with E-state index in [4.69, 9.17) is 0 Å². The third-order valence-corrected chi connectivity index (χ3v) is 5.97. The lowest BCUT2D eigenvalue weighted by atomic mass is 9.95. The highest BCUT2D eigenvalue weighted by atomic mass is 19.4. The minimum Gasteiger partial charge on any atom is -0.344 e. The Morgan fingerprint density at radius 2 is 1.88 bits per heavy atom. The van der Waals surface area contributed by atoms with Gasteiger partial charge in [0.1, 0.15) is 0 Å². The van der Waals surface area contributed by atoms with Crippen molar-refractivity contribution >= 4 is 5.91 Å². The summed E-state index contributed by atoms with van der Waals surface area (Å²) in [5, 5.41) is 6.97. The smallest absolute Gasteiger partial charge is 0.344 e. The van der Waals surface area contributed by atoms with Gasteiger partial charge in [0.05, 0.1) is 18.3 Å². The van der Waals surface area contributed by atoms with Crippen molar-refractivity contribution in [2.24, 2.45) is 0 Å². The summed E-state index contributed by atoms with van der Waals surface area (Å²) in [6.45, 7) is 0.701. The molecule has 0 aliphatic heterocycles. The summed E-state index contributed by atoms with van der Waals surface area (Å²) < 4.78 is 41.9. The first-order valence-corrected chi connectivity index (χ1v) is 11.3. The molecular weight excluding hydrogens is 443 g/mol. The molecule has 1 N–H and O–H groups in total. The summed E-state index contributed by atoms with van der Waals surface area (Å²) >= 11 is 0. The number of likely N-dealkylation sites (N-methyl/N-ethyl adjacent to an activating group) is 1. The number of benzene rings is 1. The van der Waals surface area contributed by atoms with Gasteiger partial charge in [-0.3, -0.25) is 14.5 Å². The first-order valence-electron chi connectivity index (χ1n) is 11.3. The van der Waals surface area contributed by atoms with Crippen LogP contribution >= 0.6 is 0 Å². The summed E-state index contributed by atoms with van der Waals surface area (Å²) in [7, 11) is 3.87. The molecule has 0 spiro atoms. The van der Waals surface area contributed by atoms with Gasteiger partial charge in [-0.2, -0.15) is 18.3 Å². The number of hydrogen-bond donors (Lipinski definition) is 1. The van der Waals surface area contributed by atoms with Crippen molar-refractivity contribution in [3.8, 4) is 0 Å². The molecule has 0 fully saturated rings. The van der Waals surface area contributed by atoms with Crippen molar-refractivity contribution in [3.63, 3.8) is 0 Å². The van der Waals surface area contributed by atoms with E-state index in [2.05, 4.69) is 15.4 Å². The van der Waals surface area contributed by atoms with Crippen LogP contribution in [0.2, 0.25) is 0 Å². The average Bonchev–Trinajstić information content (AvgIpc) is 3.18. The van der Waals surface area contributed by atoms with Gasteiger partial charge in [0, 0.05) is 29.6 Å². The monoisotopic (exact) mass is 471 g/mol. The standard InChI is InChI=1S/C25H28F3N5O/c1-32(2)16-21(17-8-4-3-5-9-17)30-24(34)18-12-13-29-19(14-18)15-33-22-11-7-6-10-20(22)23(31-33)25(26,27)28/h3-5,8-9,12-14,21H,6-7,10-11,15-16H2,1-2H3,(H,30,34). The van der Waals surface area contributed by atoms with E-state index in [1.807, 2.05) is 49.3 Å². The van der Waals surface area contributed by atoms with Crippen LogP contribution in [-0.4, -0.2) is 46.2 Å². The SMILES string of the molecule is CN(C)CC(NC(=O)c1ccnc(Cn2nc(C(F)(F)F)c3c2CCCC3)c1)c1ccccc1. The number of nitrogens with one attached hydrogen (secondary N) is 1. The molecule has 1 aliphatic rings. The molecule has 0 bridgehead atoms. The van der Waals surface area contributed by atoms with Crippen LogP contribution in [0.15, 0.2) is 48.7 Å². The molecule has 2 aromatic heterocycles. The third-order valence-electron chi connectivity index (χ3n) is 5.97. The molecule has 3 aromatic rings. The van der Waals surface area contributed by atoms with Gasteiger partial charge in [-0.15, -0.1) is 0 Å². The predicted molar refractivity (Wildman–Crippen MR) is 122 cm³/mol. The zero-order valence-electron chi connectivity index (χ0n) is 19.3. The highest BCUT2D eigenvalue weighted by Crippen LogP contribution is 2.36. The van der Waals surface area contributed by atoms with Crippen LogP contribution in [0.25, 0.3) is 0 Å². The normalized spacial score (nSPS) is 14.6. The number of carbonyl (C=O) groups excluding carboxylic acids is 1. The van der Waals surface area contributed by atoms with Gasteiger partial charge < -0.3 is 10.2 Å².